The molecule has 1 aliphatic heterocycles. The number of anilines is 1. The van der Waals surface area contributed by atoms with Crippen molar-refractivity contribution in [3.05, 3.63) is 29.8 Å². The Bertz CT molecular complexity index is 576. The quantitative estimate of drug-likeness (QED) is 0.848. The third kappa shape index (κ3) is 1.72. The van der Waals surface area contributed by atoms with Crippen LogP contribution in [0.4, 0.5) is 5.69 Å². The lowest BCUT2D eigenvalue weighted by molar-refractivity contribution is -0.00629. The highest BCUT2D eigenvalue weighted by molar-refractivity contribution is 5.56. The molecule has 3 heteroatoms. The van der Waals surface area contributed by atoms with E-state index in [4.69, 9.17) is 9.47 Å². The van der Waals surface area contributed by atoms with Crippen LogP contribution in [0.2, 0.25) is 0 Å². The number of nitrogens with one attached hydrogen (secondary N) is 1. The van der Waals surface area contributed by atoms with E-state index in [9.17, 15) is 0 Å². The largest absolute Gasteiger partial charge is 0.454 e. The Morgan fingerprint density at radius 1 is 1.25 bits per heavy atom. The molecular formula is C17H21NO2. The van der Waals surface area contributed by atoms with E-state index in [1.165, 1.54) is 12.8 Å². The number of hydrogen-bond donors (Lipinski definition) is 1. The van der Waals surface area contributed by atoms with Gasteiger partial charge in [-0.05, 0) is 42.2 Å². The van der Waals surface area contributed by atoms with Gasteiger partial charge in [0.25, 0.3) is 0 Å². The van der Waals surface area contributed by atoms with Crippen molar-refractivity contribution < 1.29 is 9.47 Å². The minimum Gasteiger partial charge on any atom is -0.454 e. The summed E-state index contributed by atoms with van der Waals surface area (Å²) in [6.45, 7) is 6.11. The van der Waals surface area contributed by atoms with Crippen LogP contribution in [0.3, 0.4) is 0 Å². The summed E-state index contributed by atoms with van der Waals surface area (Å²) in [6.07, 6.45) is 5.08. The van der Waals surface area contributed by atoms with Gasteiger partial charge in [0, 0.05) is 18.3 Å². The van der Waals surface area contributed by atoms with Crippen molar-refractivity contribution in [2.45, 2.75) is 26.7 Å². The van der Waals surface area contributed by atoms with Crippen LogP contribution in [0.15, 0.2) is 29.8 Å². The molecule has 1 saturated carbocycles. The number of benzene rings is 1. The highest BCUT2D eigenvalue weighted by Crippen LogP contribution is 2.59. The molecule has 0 radical (unpaired) electrons. The van der Waals surface area contributed by atoms with Crippen LogP contribution in [0, 0.1) is 17.3 Å². The fourth-order valence-corrected chi connectivity index (χ4v) is 3.89. The molecule has 1 aromatic carbocycles. The first-order valence-corrected chi connectivity index (χ1v) is 7.47. The molecule has 1 fully saturated rings. The van der Waals surface area contributed by atoms with Crippen LogP contribution < -0.4 is 14.8 Å². The molecule has 0 saturated heterocycles. The Labute approximate surface area is 120 Å². The van der Waals surface area contributed by atoms with Crippen LogP contribution in [0.25, 0.3) is 0 Å². The minimum atomic E-state index is 0.335. The first kappa shape index (κ1) is 12.1. The van der Waals surface area contributed by atoms with Gasteiger partial charge < -0.3 is 14.8 Å². The summed E-state index contributed by atoms with van der Waals surface area (Å²) < 4.78 is 10.8. The average molecular weight is 271 g/mol. The highest BCUT2D eigenvalue weighted by atomic mass is 16.7. The summed E-state index contributed by atoms with van der Waals surface area (Å²) in [7, 11) is 0. The maximum atomic E-state index is 5.42. The van der Waals surface area contributed by atoms with E-state index < -0.39 is 0 Å². The predicted octanol–water partition coefficient (Wildman–Crippen LogP) is 3.82. The van der Waals surface area contributed by atoms with Gasteiger partial charge >= 0.3 is 0 Å². The Kier molecular flexibility index (Phi) is 2.53. The van der Waals surface area contributed by atoms with Gasteiger partial charge in [-0.1, -0.05) is 25.5 Å². The molecule has 1 heterocycles. The van der Waals surface area contributed by atoms with Gasteiger partial charge in [-0.3, -0.25) is 0 Å². The van der Waals surface area contributed by atoms with Crippen molar-refractivity contribution >= 4 is 5.69 Å². The smallest absolute Gasteiger partial charge is 0.231 e. The molecule has 1 aromatic rings. The Morgan fingerprint density at radius 3 is 2.90 bits per heavy atom. The third-order valence-electron chi connectivity index (χ3n) is 5.45. The maximum absolute atomic E-state index is 5.42. The molecule has 2 bridgehead atoms. The second-order valence-corrected chi connectivity index (χ2v) is 6.74. The number of hydrogen-bond acceptors (Lipinski definition) is 3. The summed E-state index contributed by atoms with van der Waals surface area (Å²) in [4.78, 5) is 0. The van der Waals surface area contributed by atoms with E-state index in [1.54, 1.807) is 5.57 Å². The van der Waals surface area contributed by atoms with Crippen molar-refractivity contribution in [3.63, 3.8) is 0 Å². The molecule has 4 aliphatic rings. The molecule has 20 heavy (non-hydrogen) atoms. The van der Waals surface area contributed by atoms with Crippen molar-refractivity contribution in [1.82, 2.24) is 0 Å². The predicted molar refractivity (Wildman–Crippen MR) is 79.1 cm³/mol. The lowest BCUT2D eigenvalue weighted by Gasteiger charge is -2.56. The molecule has 0 amide bonds. The van der Waals surface area contributed by atoms with Gasteiger partial charge in [0.1, 0.15) is 0 Å². The SMILES string of the molecule is CC1(C)C2CC=C(CNc3ccc4c(c3)OCO4)C1C2. The molecule has 0 spiro atoms. The molecule has 106 valence electrons. The first-order chi connectivity index (χ1) is 9.64. The fraction of sp³-hybridized carbons (Fsp3) is 0.529. The Morgan fingerprint density at radius 2 is 2.10 bits per heavy atom. The summed E-state index contributed by atoms with van der Waals surface area (Å²) in [6, 6.07) is 6.06. The Balaban J connectivity index is 1.45. The van der Waals surface area contributed by atoms with Crippen molar-refractivity contribution in [3.8, 4) is 11.5 Å². The van der Waals surface area contributed by atoms with Crippen molar-refractivity contribution in [1.29, 1.82) is 0 Å². The first-order valence-electron chi connectivity index (χ1n) is 7.47. The average Bonchev–Trinajstić information content (AvgIpc) is 2.92. The molecule has 1 N–H and O–H groups in total. The molecule has 2 atom stereocenters. The van der Waals surface area contributed by atoms with E-state index in [1.807, 2.05) is 12.1 Å². The van der Waals surface area contributed by atoms with Crippen LogP contribution in [-0.4, -0.2) is 13.3 Å². The van der Waals surface area contributed by atoms with Crippen LogP contribution >= 0.6 is 0 Å². The zero-order valence-electron chi connectivity index (χ0n) is 12.1. The van der Waals surface area contributed by atoms with Crippen molar-refractivity contribution in [2.24, 2.45) is 17.3 Å². The topological polar surface area (TPSA) is 30.5 Å². The lowest BCUT2D eigenvalue weighted by Crippen LogP contribution is -2.49. The van der Waals surface area contributed by atoms with Gasteiger partial charge in [0.05, 0.1) is 0 Å². The molecule has 2 unspecified atom stereocenters. The van der Waals surface area contributed by atoms with Gasteiger partial charge in [-0.25, -0.2) is 0 Å². The summed E-state index contributed by atoms with van der Waals surface area (Å²) in [5, 5.41) is 3.53. The molecule has 0 aromatic heterocycles. The molecule has 3 aliphatic carbocycles. The fourth-order valence-electron chi connectivity index (χ4n) is 3.89. The van der Waals surface area contributed by atoms with E-state index in [0.717, 1.165) is 35.6 Å². The summed E-state index contributed by atoms with van der Waals surface area (Å²) >= 11 is 0. The third-order valence-corrected chi connectivity index (χ3v) is 5.45. The maximum Gasteiger partial charge on any atom is 0.231 e. The molecule has 5 rings (SSSR count). The normalized spacial score (nSPS) is 28.6. The monoisotopic (exact) mass is 271 g/mol. The molecular weight excluding hydrogens is 250 g/mol. The van der Waals surface area contributed by atoms with E-state index in [2.05, 4.69) is 31.3 Å². The number of allylic oxidation sites excluding steroid dienone is 1. The van der Waals surface area contributed by atoms with Gasteiger partial charge in [-0.15, -0.1) is 0 Å². The lowest BCUT2D eigenvalue weighted by atomic mass is 9.49. The standard InChI is InChI=1S/C17H21NO2/c1-17(2)12-4-3-11(14(17)7-12)9-18-13-5-6-15-16(8-13)20-10-19-15/h3,5-6,8,12,14,18H,4,7,9-10H2,1-2H3. The zero-order chi connectivity index (χ0) is 13.7. The van der Waals surface area contributed by atoms with Gasteiger partial charge in [-0.2, -0.15) is 0 Å². The van der Waals surface area contributed by atoms with Crippen LogP contribution in [0.1, 0.15) is 26.7 Å². The van der Waals surface area contributed by atoms with Gasteiger partial charge in [0.2, 0.25) is 6.79 Å². The molecule has 3 nitrogen and oxygen atoms in total. The van der Waals surface area contributed by atoms with Crippen molar-refractivity contribution in [2.75, 3.05) is 18.7 Å². The Hall–Kier alpha value is -1.64. The van der Waals surface area contributed by atoms with E-state index >= 15 is 0 Å². The number of rotatable bonds is 3. The number of ether oxygens (including phenoxy) is 2. The minimum absolute atomic E-state index is 0.335. The summed E-state index contributed by atoms with van der Waals surface area (Å²) in [5.41, 5.74) is 3.19. The van der Waals surface area contributed by atoms with Crippen LogP contribution in [0.5, 0.6) is 11.5 Å². The summed E-state index contributed by atoms with van der Waals surface area (Å²) in [5.74, 6) is 3.36. The highest BCUT2D eigenvalue weighted by Gasteiger charge is 2.50. The number of fused-ring (bicyclic) bond motifs is 2. The van der Waals surface area contributed by atoms with Gasteiger partial charge in [0.15, 0.2) is 11.5 Å². The van der Waals surface area contributed by atoms with E-state index in [0.29, 0.717) is 12.2 Å². The zero-order valence-corrected chi connectivity index (χ0v) is 12.1. The second kappa shape index (κ2) is 4.18. The second-order valence-electron chi connectivity index (χ2n) is 6.74. The van der Waals surface area contributed by atoms with E-state index in [-0.39, 0.29) is 0 Å². The van der Waals surface area contributed by atoms with Crippen LogP contribution in [-0.2, 0) is 0 Å².